The molecule has 0 aliphatic heterocycles. The number of anilines is 2. The molecule has 0 unspecified atom stereocenters. The summed E-state index contributed by atoms with van der Waals surface area (Å²) < 4.78 is 10.4. The molecule has 1 aliphatic carbocycles. The zero-order valence-corrected chi connectivity index (χ0v) is 18.2. The highest BCUT2D eigenvalue weighted by Gasteiger charge is 2.40. The van der Waals surface area contributed by atoms with E-state index in [1.807, 2.05) is 13.8 Å². The van der Waals surface area contributed by atoms with E-state index in [-0.39, 0.29) is 17.2 Å². The Balaban J connectivity index is 1.76. The van der Waals surface area contributed by atoms with Crippen LogP contribution in [0.1, 0.15) is 61.4 Å². The highest BCUT2D eigenvalue weighted by molar-refractivity contribution is 5.97. The Morgan fingerprint density at radius 1 is 0.828 bits per heavy atom. The van der Waals surface area contributed by atoms with Crippen LogP contribution in [0.2, 0.25) is 0 Å². The van der Waals surface area contributed by atoms with Crippen LogP contribution in [-0.4, -0.2) is 36.2 Å². The van der Waals surface area contributed by atoms with E-state index in [4.69, 9.17) is 9.05 Å². The van der Waals surface area contributed by atoms with Crippen molar-refractivity contribution in [2.75, 3.05) is 23.9 Å². The van der Waals surface area contributed by atoms with Gasteiger partial charge < -0.3 is 18.8 Å². The molecule has 0 spiro atoms. The lowest BCUT2D eigenvalue weighted by Gasteiger charge is -2.31. The molecule has 2 amide bonds. The average molecular weight is 402 g/mol. The number of carbonyl (C=O) groups excluding carboxylic acids is 2. The summed E-state index contributed by atoms with van der Waals surface area (Å²) in [6.45, 7) is 7.24. The molecule has 1 aliphatic rings. The monoisotopic (exact) mass is 402 g/mol. The van der Waals surface area contributed by atoms with Crippen molar-refractivity contribution in [1.82, 2.24) is 10.3 Å². The minimum Gasteiger partial charge on any atom is -0.359 e. The molecule has 0 radical (unpaired) electrons. The van der Waals surface area contributed by atoms with Gasteiger partial charge in [-0.2, -0.15) is 0 Å². The summed E-state index contributed by atoms with van der Waals surface area (Å²) >= 11 is 0. The molecule has 3 rings (SSSR count). The van der Waals surface area contributed by atoms with Gasteiger partial charge in [0.05, 0.1) is 0 Å². The first kappa shape index (κ1) is 21.1. The van der Waals surface area contributed by atoms with Gasteiger partial charge in [0, 0.05) is 26.9 Å². The minimum absolute atomic E-state index is 0.0194. The second kappa shape index (κ2) is 8.00. The van der Waals surface area contributed by atoms with Gasteiger partial charge in [0.15, 0.2) is 11.5 Å². The maximum absolute atomic E-state index is 13.1. The number of carbonyl (C=O) groups is 2. The van der Waals surface area contributed by atoms with Crippen LogP contribution in [0.4, 0.5) is 11.4 Å². The van der Waals surface area contributed by atoms with Crippen LogP contribution in [0.5, 0.6) is 0 Å². The van der Waals surface area contributed by atoms with Crippen LogP contribution in [0.25, 0.3) is 0 Å². The summed E-state index contributed by atoms with van der Waals surface area (Å²) in [5.74, 6) is 1.20. The molecule has 1 fully saturated rings. The third-order valence-electron chi connectivity index (χ3n) is 6.13. The number of rotatable bonds is 6. The summed E-state index contributed by atoms with van der Waals surface area (Å²) in [5, 5.41) is 7.88. The zero-order chi connectivity index (χ0) is 21.3. The predicted molar refractivity (Wildman–Crippen MR) is 109 cm³/mol. The molecule has 1 saturated carbocycles. The number of hydrogen-bond acceptors (Lipinski definition) is 6. The normalized spacial score (nSPS) is 15.5. The SMILES string of the molecule is Cc1noc(C)c1N(C)C(=O)CC1(CC(=O)N(C)c2c(C)noc2C)CCCC1. The quantitative estimate of drug-likeness (QED) is 0.728. The lowest BCUT2D eigenvalue weighted by Crippen LogP contribution is -2.37. The number of amides is 2. The average Bonchev–Trinajstić information content (AvgIpc) is 3.34. The molecule has 0 bridgehead atoms. The molecule has 2 aromatic heterocycles. The van der Waals surface area contributed by atoms with E-state index in [2.05, 4.69) is 10.3 Å². The first-order valence-electron chi connectivity index (χ1n) is 10.0. The van der Waals surface area contributed by atoms with E-state index >= 15 is 0 Å². The first-order chi connectivity index (χ1) is 13.6. The number of nitrogens with zero attached hydrogens (tertiary/aromatic N) is 4. The van der Waals surface area contributed by atoms with Crippen molar-refractivity contribution < 1.29 is 18.6 Å². The van der Waals surface area contributed by atoms with Gasteiger partial charge in [-0.25, -0.2) is 0 Å². The number of aromatic nitrogens is 2. The summed E-state index contributed by atoms with van der Waals surface area (Å²) in [6.07, 6.45) is 4.46. The predicted octanol–water partition coefficient (Wildman–Crippen LogP) is 3.86. The first-order valence-corrected chi connectivity index (χ1v) is 10.0. The molecule has 2 heterocycles. The molecule has 8 nitrogen and oxygen atoms in total. The largest absolute Gasteiger partial charge is 0.359 e. The van der Waals surface area contributed by atoms with Gasteiger partial charge in [0.1, 0.15) is 22.8 Å². The van der Waals surface area contributed by atoms with Crippen molar-refractivity contribution in [1.29, 1.82) is 0 Å². The van der Waals surface area contributed by atoms with Crippen LogP contribution in [0, 0.1) is 33.1 Å². The topological polar surface area (TPSA) is 92.7 Å². The zero-order valence-electron chi connectivity index (χ0n) is 18.2. The third-order valence-corrected chi connectivity index (χ3v) is 6.13. The van der Waals surface area contributed by atoms with Gasteiger partial charge in [-0.15, -0.1) is 0 Å². The Bertz CT molecular complexity index is 801. The van der Waals surface area contributed by atoms with Crippen molar-refractivity contribution in [3.05, 3.63) is 22.9 Å². The van der Waals surface area contributed by atoms with Gasteiger partial charge >= 0.3 is 0 Å². The minimum atomic E-state index is -0.325. The van der Waals surface area contributed by atoms with Crippen LogP contribution in [0.3, 0.4) is 0 Å². The molecular weight excluding hydrogens is 372 g/mol. The highest BCUT2D eigenvalue weighted by atomic mass is 16.5. The molecule has 0 atom stereocenters. The Morgan fingerprint density at radius 2 is 1.21 bits per heavy atom. The van der Waals surface area contributed by atoms with E-state index in [1.165, 1.54) is 0 Å². The van der Waals surface area contributed by atoms with Gasteiger partial charge in [-0.1, -0.05) is 23.2 Å². The molecule has 8 heteroatoms. The second-order valence-corrected chi connectivity index (χ2v) is 8.31. The van der Waals surface area contributed by atoms with Gasteiger partial charge in [-0.3, -0.25) is 9.59 Å². The molecule has 0 aromatic carbocycles. The molecule has 0 saturated heterocycles. The van der Waals surface area contributed by atoms with Crippen molar-refractivity contribution in [3.8, 4) is 0 Å². The fraction of sp³-hybridized carbons (Fsp3) is 0.619. The molecule has 0 N–H and O–H groups in total. The van der Waals surface area contributed by atoms with E-state index in [0.717, 1.165) is 25.7 Å². The second-order valence-electron chi connectivity index (χ2n) is 8.31. The molecule has 29 heavy (non-hydrogen) atoms. The lowest BCUT2D eigenvalue weighted by molar-refractivity contribution is -0.123. The fourth-order valence-corrected chi connectivity index (χ4v) is 4.58. The van der Waals surface area contributed by atoms with Crippen LogP contribution < -0.4 is 9.80 Å². The van der Waals surface area contributed by atoms with Gasteiger partial charge in [-0.05, 0) is 46.0 Å². The van der Waals surface area contributed by atoms with E-state index in [9.17, 15) is 9.59 Å². The Hall–Kier alpha value is -2.64. The summed E-state index contributed by atoms with van der Waals surface area (Å²) in [5.41, 5.74) is 2.47. The third kappa shape index (κ3) is 4.06. The summed E-state index contributed by atoms with van der Waals surface area (Å²) in [7, 11) is 3.49. The maximum Gasteiger partial charge on any atom is 0.227 e. The Labute approximate surface area is 171 Å². The Kier molecular flexibility index (Phi) is 5.82. The number of aryl methyl sites for hydroxylation is 4. The molecule has 2 aromatic rings. The van der Waals surface area contributed by atoms with Gasteiger partial charge in [0.2, 0.25) is 11.8 Å². The van der Waals surface area contributed by atoms with Crippen molar-refractivity contribution in [2.24, 2.45) is 5.41 Å². The number of hydrogen-bond donors (Lipinski definition) is 0. The van der Waals surface area contributed by atoms with Crippen LogP contribution in [-0.2, 0) is 9.59 Å². The van der Waals surface area contributed by atoms with E-state index in [1.54, 1.807) is 37.7 Å². The summed E-state index contributed by atoms with van der Waals surface area (Å²) in [4.78, 5) is 29.4. The van der Waals surface area contributed by atoms with Crippen LogP contribution >= 0.6 is 0 Å². The summed E-state index contributed by atoms with van der Waals surface area (Å²) in [6, 6.07) is 0. The standard InChI is InChI=1S/C21H30N4O4/c1-13-19(15(3)28-22-13)24(5)17(26)11-21(9-7-8-10-21)12-18(27)25(6)20-14(2)23-29-16(20)4/h7-12H2,1-6H3. The Morgan fingerprint density at radius 3 is 1.52 bits per heavy atom. The van der Waals surface area contributed by atoms with Crippen molar-refractivity contribution >= 4 is 23.2 Å². The van der Waals surface area contributed by atoms with Crippen molar-refractivity contribution in [3.63, 3.8) is 0 Å². The smallest absolute Gasteiger partial charge is 0.227 e. The maximum atomic E-state index is 13.1. The fourth-order valence-electron chi connectivity index (χ4n) is 4.58. The lowest BCUT2D eigenvalue weighted by atomic mass is 9.78. The van der Waals surface area contributed by atoms with E-state index in [0.29, 0.717) is 47.1 Å². The molecule has 158 valence electrons. The van der Waals surface area contributed by atoms with E-state index < -0.39 is 0 Å². The highest BCUT2D eigenvalue weighted by Crippen LogP contribution is 2.45. The van der Waals surface area contributed by atoms with Crippen LogP contribution in [0.15, 0.2) is 9.05 Å². The molecular formula is C21H30N4O4. The van der Waals surface area contributed by atoms with Gasteiger partial charge in [0.25, 0.3) is 0 Å². The van der Waals surface area contributed by atoms with Crippen molar-refractivity contribution in [2.45, 2.75) is 66.2 Å².